The van der Waals surface area contributed by atoms with Crippen molar-refractivity contribution in [1.29, 1.82) is 0 Å². The van der Waals surface area contributed by atoms with Gasteiger partial charge < -0.3 is 43.4 Å². The van der Waals surface area contributed by atoms with E-state index in [4.69, 9.17) is 22.3 Å². The second-order valence-corrected chi connectivity index (χ2v) is 8.70. The zero-order valence-electron chi connectivity index (χ0n) is 20.4. The fourth-order valence-electron chi connectivity index (χ4n) is 3.07. The van der Waals surface area contributed by atoms with E-state index in [2.05, 4.69) is 20.9 Å². The molecule has 5 atom stereocenters. The summed E-state index contributed by atoms with van der Waals surface area (Å²) in [6.45, 7) is 6.77. The highest BCUT2D eigenvalue weighted by atomic mass is 16.4. The highest BCUT2D eigenvalue weighted by Crippen LogP contribution is 2.11. The van der Waals surface area contributed by atoms with Crippen molar-refractivity contribution in [3.63, 3.8) is 0 Å². The van der Waals surface area contributed by atoms with Gasteiger partial charge in [-0.2, -0.15) is 0 Å². The van der Waals surface area contributed by atoms with E-state index in [0.29, 0.717) is 19.3 Å². The lowest BCUT2D eigenvalue weighted by Crippen LogP contribution is -2.59. The SMILES string of the molecule is CCC(C)C(NC(=O)C(CCCN=C(N)N)NC(=O)C(N)CC(C)C)C(=O)NC(CO)C(=O)O. The number of carbonyl (C=O) groups is 4. The number of aliphatic hydroxyl groups is 1. The molecule has 0 aliphatic rings. The molecule has 13 nitrogen and oxygen atoms in total. The molecule has 0 aliphatic heterocycles. The van der Waals surface area contributed by atoms with E-state index in [1.54, 1.807) is 13.8 Å². The average molecular weight is 488 g/mol. The van der Waals surface area contributed by atoms with E-state index in [1.807, 2.05) is 13.8 Å². The highest BCUT2D eigenvalue weighted by Gasteiger charge is 2.32. The summed E-state index contributed by atoms with van der Waals surface area (Å²) in [4.78, 5) is 53.4. The van der Waals surface area contributed by atoms with Gasteiger partial charge in [-0.3, -0.25) is 19.4 Å². The fraction of sp³-hybridized carbons (Fsp3) is 0.762. The molecule has 0 rings (SSSR count). The summed E-state index contributed by atoms with van der Waals surface area (Å²) in [7, 11) is 0. The first-order valence-electron chi connectivity index (χ1n) is 11.4. The Balaban J connectivity index is 5.57. The second-order valence-electron chi connectivity index (χ2n) is 8.70. The van der Waals surface area contributed by atoms with Crippen LogP contribution < -0.4 is 33.2 Å². The van der Waals surface area contributed by atoms with Crippen molar-refractivity contribution in [3.05, 3.63) is 0 Å². The first kappa shape index (κ1) is 31.1. The number of nitrogens with one attached hydrogen (secondary N) is 3. The van der Waals surface area contributed by atoms with Crippen molar-refractivity contribution in [2.75, 3.05) is 13.2 Å². The number of carboxylic acid groups (broad SMARTS) is 1. The van der Waals surface area contributed by atoms with E-state index in [-0.39, 0.29) is 30.8 Å². The summed E-state index contributed by atoms with van der Waals surface area (Å²) in [6.07, 6.45) is 1.45. The Morgan fingerprint density at radius 1 is 0.941 bits per heavy atom. The Morgan fingerprint density at radius 3 is 2.00 bits per heavy atom. The number of carbonyl (C=O) groups excluding carboxylic acids is 3. The van der Waals surface area contributed by atoms with E-state index < -0.39 is 54.5 Å². The van der Waals surface area contributed by atoms with Crippen LogP contribution in [0.2, 0.25) is 0 Å². The summed E-state index contributed by atoms with van der Waals surface area (Å²) in [5.41, 5.74) is 16.6. The van der Waals surface area contributed by atoms with Crippen LogP contribution in [0.25, 0.3) is 0 Å². The molecular formula is C21H41N7O6. The molecule has 0 spiro atoms. The van der Waals surface area contributed by atoms with Gasteiger partial charge in [0.2, 0.25) is 17.7 Å². The largest absolute Gasteiger partial charge is 0.480 e. The van der Waals surface area contributed by atoms with Crippen molar-refractivity contribution in [3.8, 4) is 0 Å². The molecule has 0 aromatic heterocycles. The van der Waals surface area contributed by atoms with Gasteiger partial charge in [-0.05, 0) is 31.1 Å². The molecule has 0 saturated carbocycles. The van der Waals surface area contributed by atoms with Gasteiger partial charge in [-0.1, -0.05) is 34.1 Å². The number of nitrogens with two attached hydrogens (primary N) is 3. The lowest BCUT2D eigenvalue weighted by molar-refractivity contribution is -0.143. The van der Waals surface area contributed by atoms with Crippen LogP contribution in [0.3, 0.4) is 0 Å². The predicted molar refractivity (Wildman–Crippen MR) is 127 cm³/mol. The molecule has 0 aromatic carbocycles. The molecule has 0 saturated heterocycles. The zero-order chi connectivity index (χ0) is 26.4. The number of aliphatic hydroxyl groups excluding tert-OH is 1. The molecule has 3 amide bonds. The van der Waals surface area contributed by atoms with Gasteiger partial charge in [0.25, 0.3) is 0 Å². The van der Waals surface area contributed by atoms with Crippen LogP contribution >= 0.6 is 0 Å². The first-order chi connectivity index (χ1) is 15.8. The molecule has 5 unspecified atom stereocenters. The molecule has 13 heteroatoms. The third-order valence-electron chi connectivity index (χ3n) is 5.23. The number of rotatable bonds is 16. The Labute approximate surface area is 200 Å². The lowest BCUT2D eigenvalue weighted by atomic mass is 9.97. The monoisotopic (exact) mass is 487 g/mol. The van der Waals surface area contributed by atoms with Gasteiger partial charge in [-0.25, -0.2) is 4.79 Å². The minimum atomic E-state index is -1.51. The summed E-state index contributed by atoms with van der Waals surface area (Å²) < 4.78 is 0. The van der Waals surface area contributed by atoms with Crippen molar-refractivity contribution in [2.24, 2.45) is 34.0 Å². The van der Waals surface area contributed by atoms with Gasteiger partial charge in [0.15, 0.2) is 5.96 Å². The van der Waals surface area contributed by atoms with Gasteiger partial charge in [0, 0.05) is 6.54 Å². The molecule has 0 aromatic rings. The maximum Gasteiger partial charge on any atom is 0.328 e. The number of aliphatic imine (C=N–C) groups is 1. The molecule has 196 valence electrons. The minimum Gasteiger partial charge on any atom is -0.480 e. The maximum absolute atomic E-state index is 13.1. The third-order valence-corrected chi connectivity index (χ3v) is 5.23. The number of hydrogen-bond acceptors (Lipinski definition) is 7. The number of amides is 3. The third kappa shape index (κ3) is 11.8. The van der Waals surface area contributed by atoms with Gasteiger partial charge >= 0.3 is 5.97 Å². The van der Waals surface area contributed by atoms with E-state index >= 15 is 0 Å². The van der Waals surface area contributed by atoms with Crippen molar-refractivity contribution >= 4 is 29.7 Å². The van der Waals surface area contributed by atoms with Crippen LogP contribution in [0.4, 0.5) is 0 Å². The highest BCUT2D eigenvalue weighted by molar-refractivity contribution is 5.94. The van der Waals surface area contributed by atoms with E-state index in [1.165, 1.54) is 0 Å². The number of aliphatic carboxylic acids is 1. The molecule has 0 fully saturated rings. The predicted octanol–water partition coefficient (Wildman–Crippen LogP) is -2.01. The Hall–Kier alpha value is -2.93. The van der Waals surface area contributed by atoms with Crippen molar-refractivity contribution in [1.82, 2.24) is 16.0 Å². The quantitative estimate of drug-likeness (QED) is 0.0681. The molecule has 0 bridgehead atoms. The Bertz CT molecular complexity index is 712. The summed E-state index contributed by atoms with van der Waals surface area (Å²) >= 11 is 0. The summed E-state index contributed by atoms with van der Waals surface area (Å²) in [6, 6.07) is -4.44. The van der Waals surface area contributed by atoms with E-state index in [0.717, 1.165) is 0 Å². The Morgan fingerprint density at radius 2 is 1.53 bits per heavy atom. The number of hydrogen-bond donors (Lipinski definition) is 8. The number of guanidine groups is 1. The van der Waals surface area contributed by atoms with Crippen LogP contribution in [-0.2, 0) is 19.2 Å². The smallest absolute Gasteiger partial charge is 0.328 e. The molecule has 0 aliphatic carbocycles. The maximum atomic E-state index is 13.1. The minimum absolute atomic E-state index is 0.102. The van der Waals surface area contributed by atoms with Crippen molar-refractivity contribution < 1.29 is 29.4 Å². The first-order valence-corrected chi connectivity index (χ1v) is 11.4. The van der Waals surface area contributed by atoms with Gasteiger partial charge in [-0.15, -0.1) is 0 Å². The molecule has 0 radical (unpaired) electrons. The normalized spacial score (nSPS) is 15.4. The number of nitrogens with zero attached hydrogens (tertiary/aromatic N) is 1. The lowest BCUT2D eigenvalue weighted by Gasteiger charge is -2.28. The summed E-state index contributed by atoms with van der Waals surface area (Å²) in [5.74, 6) is -3.60. The van der Waals surface area contributed by atoms with Crippen LogP contribution in [0, 0.1) is 11.8 Å². The molecular weight excluding hydrogens is 446 g/mol. The van der Waals surface area contributed by atoms with E-state index in [9.17, 15) is 24.3 Å². The molecule has 34 heavy (non-hydrogen) atoms. The second kappa shape index (κ2) is 15.8. The fourth-order valence-corrected chi connectivity index (χ4v) is 3.07. The van der Waals surface area contributed by atoms with Gasteiger partial charge in [0.05, 0.1) is 12.6 Å². The zero-order valence-corrected chi connectivity index (χ0v) is 20.4. The topological polar surface area (TPSA) is 235 Å². The number of carboxylic acids is 1. The van der Waals surface area contributed by atoms with Crippen LogP contribution in [0.15, 0.2) is 4.99 Å². The average Bonchev–Trinajstić information content (AvgIpc) is 2.75. The van der Waals surface area contributed by atoms with Crippen LogP contribution in [0.5, 0.6) is 0 Å². The Kier molecular flexibility index (Phi) is 14.5. The van der Waals surface area contributed by atoms with Crippen LogP contribution in [0.1, 0.15) is 53.4 Å². The summed E-state index contributed by atoms with van der Waals surface area (Å²) in [5, 5.41) is 25.7. The molecule has 11 N–H and O–H groups in total. The van der Waals surface area contributed by atoms with Gasteiger partial charge in [0.1, 0.15) is 18.1 Å². The van der Waals surface area contributed by atoms with Crippen molar-refractivity contribution in [2.45, 2.75) is 77.5 Å². The van der Waals surface area contributed by atoms with Crippen LogP contribution in [-0.4, -0.2) is 77.2 Å². The standard InChI is InChI=1S/C21H41N7O6/c1-5-12(4)16(19(32)27-15(10-29)20(33)34)28-18(31)14(7-6-8-25-21(23)24)26-17(30)13(22)9-11(2)3/h11-16,29H,5-10,22H2,1-4H3,(H,26,30)(H,27,32)(H,28,31)(H,33,34)(H4,23,24,25). The molecule has 0 heterocycles.